The molecule has 2 aromatic heterocycles. The number of carbonyl (C=O) groups is 2. The lowest BCUT2D eigenvalue weighted by atomic mass is 10.1. The number of fused-ring (bicyclic) bond motifs is 1. The maximum absolute atomic E-state index is 10.9. The van der Waals surface area contributed by atoms with Crippen LogP contribution in [0.25, 0.3) is 11.0 Å². The predicted molar refractivity (Wildman–Crippen MR) is 51.7 cm³/mol. The highest BCUT2D eigenvalue weighted by Crippen LogP contribution is 2.28. The zero-order valence-electron chi connectivity index (χ0n) is 7.76. The molecule has 0 fully saturated rings. The average Bonchev–Trinajstić information content (AvgIpc) is 2.58. The SMILES string of the molecule is O=C(O)c1[nH]c2nccc(O)c2c1C(=O)O. The van der Waals surface area contributed by atoms with Gasteiger partial charge in [-0.15, -0.1) is 0 Å². The van der Waals surface area contributed by atoms with Gasteiger partial charge in [-0.25, -0.2) is 14.6 Å². The molecule has 4 N–H and O–H groups in total. The summed E-state index contributed by atoms with van der Waals surface area (Å²) in [4.78, 5) is 27.8. The summed E-state index contributed by atoms with van der Waals surface area (Å²) < 4.78 is 0. The minimum Gasteiger partial charge on any atom is -0.507 e. The van der Waals surface area contributed by atoms with Crippen LogP contribution in [0.1, 0.15) is 20.8 Å². The number of aromatic nitrogens is 2. The summed E-state index contributed by atoms with van der Waals surface area (Å²) in [6.45, 7) is 0. The van der Waals surface area contributed by atoms with Gasteiger partial charge in [0.05, 0.1) is 5.39 Å². The average molecular weight is 222 g/mol. The Morgan fingerprint density at radius 2 is 1.94 bits per heavy atom. The fourth-order valence-electron chi connectivity index (χ4n) is 1.47. The number of carboxylic acid groups (broad SMARTS) is 2. The molecule has 2 rings (SSSR count). The molecule has 0 atom stereocenters. The Morgan fingerprint density at radius 3 is 2.50 bits per heavy atom. The van der Waals surface area contributed by atoms with E-state index in [0.717, 1.165) is 0 Å². The van der Waals surface area contributed by atoms with Crippen LogP contribution in [0.2, 0.25) is 0 Å². The van der Waals surface area contributed by atoms with E-state index in [1.807, 2.05) is 0 Å². The van der Waals surface area contributed by atoms with Crippen LogP contribution in [0.3, 0.4) is 0 Å². The number of rotatable bonds is 2. The van der Waals surface area contributed by atoms with Gasteiger partial charge in [-0.2, -0.15) is 0 Å². The second kappa shape index (κ2) is 3.23. The molecule has 0 unspecified atom stereocenters. The first-order valence-electron chi connectivity index (χ1n) is 4.18. The van der Waals surface area contributed by atoms with E-state index in [4.69, 9.17) is 10.2 Å². The summed E-state index contributed by atoms with van der Waals surface area (Å²) in [7, 11) is 0. The highest BCUT2D eigenvalue weighted by molar-refractivity contribution is 6.12. The summed E-state index contributed by atoms with van der Waals surface area (Å²) in [5, 5.41) is 27.1. The van der Waals surface area contributed by atoms with Gasteiger partial charge in [0, 0.05) is 6.20 Å². The molecule has 0 aliphatic heterocycles. The normalized spacial score (nSPS) is 10.5. The van der Waals surface area contributed by atoms with Crippen LogP contribution in [-0.4, -0.2) is 37.2 Å². The van der Waals surface area contributed by atoms with Crippen molar-refractivity contribution in [3.63, 3.8) is 0 Å². The Balaban J connectivity index is 2.94. The summed E-state index contributed by atoms with van der Waals surface area (Å²) in [6, 6.07) is 1.19. The minimum atomic E-state index is -1.44. The lowest BCUT2D eigenvalue weighted by Crippen LogP contribution is -2.06. The predicted octanol–water partition coefficient (Wildman–Crippen LogP) is 0.665. The first-order valence-corrected chi connectivity index (χ1v) is 4.18. The molecule has 0 saturated heterocycles. The van der Waals surface area contributed by atoms with E-state index in [9.17, 15) is 14.7 Å². The van der Waals surface area contributed by atoms with E-state index in [0.29, 0.717) is 0 Å². The van der Waals surface area contributed by atoms with E-state index in [2.05, 4.69) is 9.97 Å². The maximum atomic E-state index is 10.9. The molecular weight excluding hydrogens is 216 g/mol. The molecule has 0 aromatic carbocycles. The Morgan fingerprint density at radius 1 is 1.25 bits per heavy atom. The third-order valence-corrected chi connectivity index (χ3v) is 2.10. The molecule has 2 aromatic rings. The van der Waals surface area contributed by atoms with Crippen LogP contribution in [0.15, 0.2) is 12.3 Å². The number of nitrogens with one attached hydrogen (secondary N) is 1. The second-order valence-electron chi connectivity index (χ2n) is 3.04. The van der Waals surface area contributed by atoms with Crippen molar-refractivity contribution in [2.24, 2.45) is 0 Å². The largest absolute Gasteiger partial charge is 0.507 e. The Bertz CT molecular complexity index is 601. The number of carboxylic acids is 2. The van der Waals surface area contributed by atoms with Crippen molar-refractivity contribution < 1.29 is 24.9 Å². The van der Waals surface area contributed by atoms with Gasteiger partial charge in [0.15, 0.2) is 0 Å². The lowest BCUT2D eigenvalue weighted by Gasteiger charge is -1.96. The van der Waals surface area contributed by atoms with Crippen LogP contribution in [0.5, 0.6) is 5.75 Å². The number of aromatic hydroxyl groups is 1. The van der Waals surface area contributed by atoms with E-state index >= 15 is 0 Å². The summed E-state index contributed by atoms with van der Waals surface area (Å²) in [5.74, 6) is -3.19. The molecule has 82 valence electrons. The molecule has 0 amide bonds. The van der Waals surface area contributed by atoms with Gasteiger partial charge in [0.1, 0.15) is 22.7 Å². The van der Waals surface area contributed by atoms with Crippen LogP contribution in [0, 0.1) is 0 Å². The third-order valence-electron chi connectivity index (χ3n) is 2.10. The van der Waals surface area contributed by atoms with Gasteiger partial charge in [-0.05, 0) is 6.07 Å². The number of pyridine rings is 1. The number of aromatic amines is 1. The maximum Gasteiger partial charge on any atom is 0.353 e. The third kappa shape index (κ3) is 1.26. The Kier molecular flexibility index (Phi) is 2.01. The molecular formula is C9H6N2O5. The summed E-state index contributed by atoms with van der Waals surface area (Å²) in [5.41, 5.74) is -0.973. The van der Waals surface area contributed by atoms with Crippen molar-refractivity contribution in [2.75, 3.05) is 0 Å². The van der Waals surface area contributed by atoms with Gasteiger partial charge >= 0.3 is 11.9 Å². The van der Waals surface area contributed by atoms with Gasteiger partial charge in [0.2, 0.25) is 0 Å². The lowest BCUT2D eigenvalue weighted by molar-refractivity contribution is 0.0649. The number of nitrogens with zero attached hydrogens (tertiary/aromatic N) is 1. The van der Waals surface area contributed by atoms with E-state index in [1.165, 1.54) is 12.3 Å². The molecule has 0 aliphatic carbocycles. The highest BCUT2D eigenvalue weighted by atomic mass is 16.4. The second-order valence-corrected chi connectivity index (χ2v) is 3.04. The molecule has 0 saturated carbocycles. The van der Waals surface area contributed by atoms with Crippen LogP contribution < -0.4 is 0 Å². The van der Waals surface area contributed by atoms with Crippen LogP contribution in [-0.2, 0) is 0 Å². The zero-order valence-corrected chi connectivity index (χ0v) is 7.76. The molecule has 0 spiro atoms. The fraction of sp³-hybridized carbons (Fsp3) is 0. The number of hydrogen-bond acceptors (Lipinski definition) is 4. The van der Waals surface area contributed by atoms with E-state index in [1.54, 1.807) is 0 Å². The highest BCUT2D eigenvalue weighted by Gasteiger charge is 2.24. The van der Waals surface area contributed by atoms with Crippen molar-refractivity contribution in [2.45, 2.75) is 0 Å². The van der Waals surface area contributed by atoms with Crippen molar-refractivity contribution >= 4 is 23.0 Å². The zero-order chi connectivity index (χ0) is 11.9. The smallest absolute Gasteiger partial charge is 0.353 e. The molecule has 0 bridgehead atoms. The van der Waals surface area contributed by atoms with Crippen molar-refractivity contribution in [1.29, 1.82) is 0 Å². The topological polar surface area (TPSA) is 124 Å². The molecule has 7 heteroatoms. The molecule has 2 heterocycles. The number of aromatic carboxylic acids is 2. The van der Waals surface area contributed by atoms with Gasteiger partial charge in [-0.1, -0.05) is 0 Å². The van der Waals surface area contributed by atoms with Crippen LogP contribution in [0.4, 0.5) is 0 Å². The standard InChI is InChI=1S/C9H6N2O5/c12-3-1-2-10-7-4(3)5(8(13)14)6(11-7)9(15)16/h1-2H,(H,13,14)(H,15,16)(H2,10,11,12). The quantitative estimate of drug-likeness (QED) is 0.591. The number of H-pyrrole nitrogens is 1. The Labute approximate surface area is 88.0 Å². The summed E-state index contributed by atoms with van der Waals surface area (Å²) in [6.07, 6.45) is 1.24. The molecule has 7 nitrogen and oxygen atoms in total. The van der Waals surface area contributed by atoms with Crippen molar-refractivity contribution in [3.8, 4) is 5.75 Å². The minimum absolute atomic E-state index is 0.0230. The van der Waals surface area contributed by atoms with E-state index in [-0.39, 0.29) is 16.8 Å². The summed E-state index contributed by atoms with van der Waals surface area (Å²) >= 11 is 0. The molecule has 16 heavy (non-hydrogen) atoms. The molecule has 0 radical (unpaired) electrons. The van der Waals surface area contributed by atoms with Gasteiger partial charge in [-0.3, -0.25) is 0 Å². The molecule has 0 aliphatic rings. The van der Waals surface area contributed by atoms with E-state index < -0.39 is 23.2 Å². The van der Waals surface area contributed by atoms with Gasteiger partial charge < -0.3 is 20.3 Å². The first-order chi connectivity index (χ1) is 7.52. The first kappa shape index (κ1) is 9.97. The Hall–Kier alpha value is -2.57. The van der Waals surface area contributed by atoms with Gasteiger partial charge in [0.25, 0.3) is 0 Å². The van der Waals surface area contributed by atoms with Crippen molar-refractivity contribution in [3.05, 3.63) is 23.5 Å². The van der Waals surface area contributed by atoms with Crippen LogP contribution >= 0.6 is 0 Å². The van der Waals surface area contributed by atoms with Crippen molar-refractivity contribution in [1.82, 2.24) is 9.97 Å². The monoisotopic (exact) mass is 222 g/mol. The number of hydrogen-bond donors (Lipinski definition) is 4. The fourth-order valence-corrected chi connectivity index (χ4v) is 1.47.